The predicted octanol–water partition coefficient (Wildman–Crippen LogP) is -0.569. The van der Waals surface area contributed by atoms with Gasteiger partial charge in [-0.05, 0) is 6.07 Å². The van der Waals surface area contributed by atoms with Crippen molar-refractivity contribution in [2.45, 2.75) is 0 Å². The Morgan fingerprint density at radius 2 is 2.17 bits per heavy atom. The number of carbonyl (C=O) groups is 2. The number of nitrogens with two attached hydrogens (primary N) is 1. The van der Waals surface area contributed by atoms with E-state index in [4.69, 9.17) is 10.5 Å². The summed E-state index contributed by atoms with van der Waals surface area (Å²) in [6, 6.07) is 3.12. The minimum atomic E-state index is -0.821. The number of ether oxygens (including phenoxy) is 1. The lowest BCUT2D eigenvalue weighted by atomic mass is 10.4. The number of hydrogen-bond donors (Lipinski definition) is 3. The summed E-state index contributed by atoms with van der Waals surface area (Å²) in [7, 11) is 1.48. The van der Waals surface area contributed by atoms with E-state index < -0.39 is 11.8 Å². The second-order valence-corrected chi connectivity index (χ2v) is 3.72. The van der Waals surface area contributed by atoms with Crippen molar-refractivity contribution in [3.05, 3.63) is 18.3 Å². The molecule has 0 spiro atoms. The van der Waals surface area contributed by atoms with Gasteiger partial charge < -0.3 is 21.1 Å². The van der Waals surface area contributed by atoms with Crippen LogP contribution in [0.1, 0.15) is 0 Å². The van der Waals surface area contributed by atoms with Gasteiger partial charge in [0.05, 0.1) is 30.5 Å². The fourth-order valence-corrected chi connectivity index (χ4v) is 1.08. The number of pyridine rings is 1. The Morgan fingerprint density at radius 1 is 1.44 bits per heavy atom. The van der Waals surface area contributed by atoms with Gasteiger partial charge in [0.15, 0.2) is 0 Å². The monoisotopic (exact) mass is 268 g/mol. The highest BCUT2D eigenvalue weighted by Crippen LogP contribution is 2.10. The van der Waals surface area contributed by atoms with Crippen molar-refractivity contribution in [3.8, 4) is 5.88 Å². The van der Waals surface area contributed by atoms with Crippen LogP contribution < -0.4 is 21.1 Å². The fraction of sp³-hybridized carbons (Fsp3) is 0.200. The molecule has 0 radical (unpaired) electrons. The van der Waals surface area contributed by atoms with Gasteiger partial charge in [0.1, 0.15) is 0 Å². The molecule has 2 amide bonds. The largest absolute Gasteiger partial charge is 0.481 e. The first kappa shape index (κ1) is 13.8. The van der Waals surface area contributed by atoms with Gasteiger partial charge in [0.2, 0.25) is 5.88 Å². The Labute approximate surface area is 109 Å². The SMILES string of the molecule is COc1ccc(NC(=O)C(=O)NCC(N)=S)cn1. The smallest absolute Gasteiger partial charge is 0.313 e. The van der Waals surface area contributed by atoms with Crippen LogP contribution in [0.5, 0.6) is 5.88 Å². The molecule has 0 saturated heterocycles. The zero-order valence-corrected chi connectivity index (χ0v) is 10.4. The van der Waals surface area contributed by atoms with Crippen LogP contribution in [0.4, 0.5) is 5.69 Å². The van der Waals surface area contributed by atoms with E-state index >= 15 is 0 Å². The first-order valence-electron chi connectivity index (χ1n) is 4.90. The lowest BCUT2D eigenvalue weighted by molar-refractivity contribution is -0.135. The maximum Gasteiger partial charge on any atom is 0.313 e. The summed E-state index contributed by atoms with van der Waals surface area (Å²) in [4.78, 5) is 26.7. The van der Waals surface area contributed by atoms with E-state index in [0.29, 0.717) is 11.6 Å². The number of anilines is 1. The molecule has 4 N–H and O–H groups in total. The molecule has 0 aliphatic carbocycles. The van der Waals surface area contributed by atoms with Crippen LogP contribution in [0, 0.1) is 0 Å². The summed E-state index contributed by atoms with van der Waals surface area (Å²) in [5.41, 5.74) is 5.57. The van der Waals surface area contributed by atoms with Gasteiger partial charge in [0, 0.05) is 6.07 Å². The van der Waals surface area contributed by atoms with Crippen LogP contribution in [0.15, 0.2) is 18.3 Å². The molecule has 18 heavy (non-hydrogen) atoms. The fourth-order valence-electron chi connectivity index (χ4n) is 1.01. The highest BCUT2D eigenvalue weighted by Gasteiger charge is 2.13. The lowest BCUT2D eigenvalue weighted by Gasteiger charge is -2.06. The maximum atomic E-state index is 11.4. The number of nitrogens with one attached hydrogen (secondary N) is 2. The molecule has 0 aromatic carbocycles. The van der Waals surface area contributed by atoms with Gasteiger partial charge >= 0.3 is 11.8 Å². The van der Waals surface area contributed by atoms with Crippen molar-refractivity contribution in [2.24, 2.45) is 5.73 Å². The molecule has 0 aliphatic heterocycles. The standard InChI is InChI=1S/C10H12N4O3S/c1-17-8-3-2-6(4-12-8)14-10(16)9(15)13-5-7(11)18/h2-4H,5H2,1H3,(H2,11,18)(H,13,15)(H,14,16). The summed E-state index contributed by atoms with van der Waals surface area (Å²) >= 11 is 4.57. The van der Waals surface area contributed by atoms with Crippen LogP contribution in [0.25, 0.3) is 0 Å². The molecule has 8 heteroatoms. The molecular weight excluding hydrogens is 256 g/mol. The Bertz CT molecular complexity index is 461. The highest BCUT2D eigenvalue weighted by atomic mass is 32.1. The minimum absolute atomic E-state index is 0.0253. The average molecular weight is 268 g/mol. The summed E-state index contributed by atoms with van der Waals surface area (Å²) in [5, 5.41) is 4.63. The molecule has 0 atom stereocenters. The van der Waals surface area contributed by atoms with Crippen LogP contribution in [0.3, 0.4) is 0 Å². The van der Waals surface area contributed by atoms with Crippen molar-refractivity contribution >= 4 is 34.7 Å². The minimum Gasteiger partial charge on any atom is -0.481 e. The number of aromatic nitrogens is 1. The number of carbonyl (C=O) groups excluding carboxylic acids is 2. The van der Waals surface area contributed by atoms with Gasteiger partial charge in [-0.1, -0.05) is 12.2 Å². The number of methoxy groups -OCH3 is 1. The van der Waals surface area contributed by atoms with E-state index in [1.165, 1.54) is 13.3 Å². The molecule has 1 rings (SSSR count). The molecule has 0 fully saturated rings. The average Bonchev–Trinajstić information content (AvgIpc) is 2.36. The first-order valence-corrected chi connectivity index (χ1v) is 5.31. The third-order valence-corrected chi connectivity index (χ3v) is 1.98. The van der Waals surface area contributed by atoms with E-state index in [2.05, 4.69) is 27.8 Å². The van der Waals surface area contributed by atoms with Crippen molar-refractivity contribution < 1.29 is 14.3 Å². The van der Waals surface area contributed by atoms with Gasteiger partial charge in [0.25, 0.3) is 0 Å². The van der Waals surface area contributed by atoms with E-state index in [0.717, 1.165) is 0 Å². The predicted molar refractivity (Wildman–Crippen MR) is 69.2 cm³/mol. The molecule has 7 nitrogen and oxygen atoms in total. The molecule has 0 aliphatic rings. The molecule has 1 heterocycles. The molecule has 1 aromatic heterocycles. The van der Waals surface area contributed by atoms with Crippen molar-refractivity contribution in [1.82, 2.24) is 10.3 Å². The van der Waals surface area contributed by atoms with Gasteiger partial charge in [-0.25, -0.2) is 4.98 Å². The summed E-state index contributed by atoms with van der Waals surface area (Å²) in [5.74, 6) is -1.23. The Morgan fingerprint density at radius 3 is 2.67 bits per heavy atom. The van der Waals surface area contributed by atoms with Gasteiger partial charge in [-0.15, -0.1) is 0 Å². The number of thiocarbonyl (C=S) groups is 1. The van der Waals surface area contributed by atoms with Crippen molar-refractivity contribution in [1.29, 1.82) is 0 Å². The lowest BCUT2D eigenvalue weighted by Crippen LogP contribution is -2.39. The first-order chi connectivity index (χ1) is 8.52. The third kappa shape index (κ3) is 4.34. The Kier molecular flexibility index (Phi) is 5.00. The zero-order valence-electron chi connectivity index (χ0n) is 9.60. The number of hydrogen-bond acceptors (Lipinski definition) is 5. The molecular formula is C10H12N4O3S. The van der Waals surface area contributed by atoms with Crippen molar-refractivity contribution in [2.75, 3.05) is 19.0 Å². The summed E-state index contributed by atoms with van der Waals surface area (Å²) in [6.45, 7) is -0.0253. The number of nitrogens with zero attached hydrogens (tertiary/aromatic N) is 1. The molecule has 1 aromatic rings. The number of amides is 2. The molecule has 96 valence electrons. The van der Waals surface area contributed by atoms with Crippen LogP contribution >= 0.6 is 12.2 Å². The third-order valence-electron chi connectivity index (χ3n) is 1.83. The number of rotatable bonds is 4. The van der Waals surface area contributed by atoms with Gasteiger partial charge in [-0.3, -0.25) is 9.59 Å². The topological polar surface area (TPSA) is 106 Å². The second-order valence-electron chi connectivity index (χ2n) is 3.19. The van der Waals surface area contributed by atoms with E-state index in [1.54, 1.807) is 12.1 Å². The van der Waals surface area contributed by atoms with E-state index in [-0.39, 0.29) is 11.5 Å². The summed E-state index contributed by atoms with van der Waals surface area (Å²) < 4.78 is 4.86. The molecule has 0 bridgehead atoms. The van der Waals surface area contributed by atoms with Crippen molar-refractivity contribution in [3.63, 3.8) is 0 Å². The zero-order chi connectivity index (χ0) is 13.5. The quantitative estimate of drug-likeness (QED) is 0.499. The van der Waals surface area contributed by atoms with E-state index in [9.17, 15) is 9.59 Å². The molecule has 0 saturated carbocycles. The maximum absolute atomic E-state index is 11.4. The highest BCUT2D eigenvalue weighted by molar-refractivity contribution is 7.80. The van der Waals surface area contributed by atoms with Crippen LogP contribution in [0.2, 0.25) is 0 Å². The van der Waals surface area contributed by atoms with Crippen LogP contribution in [-0.4, -0.2) is 35.4 Å². The molecule has 0 unspecified atom stereocenters. The Hall–Kier alpha value is -2.22. The normalized spacial score (nSPS) is 9.39. The Balaban J connectivity index is 2.52. The second kappa shape index (κ2) is 6.50. The van der Waals surface area contributed by atoms with Gasteiger partial charge in [-0.2, -0.15) is 0 Å². The van der Waals surface area contributed by atoms with Crippen LogP contribution in [-0.2, 0) is 9.59 Å². The van der Waals surface area contributed by atoms with E-state index in [1.807, 2.05) is 0 Å². The summed E-state index contributed by atoms with van der Waals surface area (Å²) in [6.07, 6.45) is 1.37.